The number of pyridine rings is 1. The number of benzene rings is 6. The fraction of sp³-hybridized carbons (Fsp3) is 0.222. The van der Waals surface area contributed by atoms with Crippen LogP contribution in [0.5, 0.6) is 5.75 Å². The Morgan fingerprint density at radius 3 is 2.02 bits per heavy atom. The van der Waals surface area contributed by atoms with E-state index in [9.17, 15) is 5.11 Å². The van der Waals surface area contributed by atoms with E-state index in [1.807, 2.05) is 98.1 Å². The number of nitrogens with zero attached hydrogens (tertiary/aromatic N) is 3. The minimum absolute atomic E-state index is 0. The minimum Gasteiger partial charge on any atom is -0.507 e. The SMILES string of the molecule is [2H]c1c([2H])c([2H])c(-c2ccnc(-c3[c-]c(-c4cccc5c4nc(-c4cc(C(C)(C)C)cc(C(C)(C)C)c4O)n5-c4ccccc4-c4ccccc4)cc(C(C([2H])([2H])[2H])(C([2H])([2H])[2H])C([2H])([2H])[2H])c3)c2)c([2H])c1[2H].[Pt]. The first-order valence-corrected chi connectivity index (χ1v) is 19.1. The maximum Gasteiger partial charge on any atom is 0.148 e. The zero-order chi connectivity index (χ0) is 52.8. The van der Waals surface area contributed by atoms with E-state index in [0.717, 1.165) is 22.8 Å². The van der Waals surface area contributed by atoms with E-state index in [0.29, 0.717) is 33.7 Å². The van der Waals surface area contributed by atoms with Crippen LogP contribution in [0.4, 0.5) is 0 Å². The van der Waals surface area contributed by atoms with E-state index >= 15 is 0 Å². The average molecular weight is 968 g/mol. The third kappa shape index (κ3) is 8.21. The molecule has 4 nitrogen and oxygen atoms in total. The molecule has 8 aromatic rings. The van der Waals surface area contributed by atoms with Crippen molar-refractivity contribution in [3.63, 3.8) is 0 Å². The van der Waals surface area contributed by atoms with Gasteiger partial charge in [-0.3, -0.25) is 9.55 Å². The van der Waals surface area contributed by atoms with Crippen LogP contribution in [0.3, 0.4) is 0 Å². The van der Waals surface area contributed by atoms with Crippen molar-refractivity contribution in [3.05, 3.63) is 168 Å². The summed E-state index contributed by atoms with van der Waals surface area (Å²) in [5.41, 5.74) is 0.478. The van der Waals surface area contributed by atoms with Crippen molar-refractivity contribution in [2.45, 2.75) is 78.3 Å². The van der Waals surface area contributed by atoms with E-state index in [1.165, 1.54) is 24.4 Å². The summed E-state index contributed by atoms with van der Waals surface area (Å²) < 4.78 is 123. The quantitative estimate of drug-likeness (QED) is 0.169. The van der Waals surface area contributed by atoms with Crippen molar-refractivity contribution in [2.24, 2.45) is 0 Å². The molecule has 5 heteroatoms. The van der Waals surface area contributed by atoms with Crippen molar-refractivity contribution in [1.82, 2.24) is 14.5 Å². The Bertz CT molecular complexity index is 3360. The van der Waals surface area contributed by atoms with E-state index in [1.54, 1.807) is 12.1 Å². The van der Waals surface area contributed by atoms with Gasteiger partial charge in [-0.25, -0.2) is 4.98 Å². The molecule has 0 bridgehead atoms. The van der Waals surface area contributed by atoms with Crippen molar-refractivity contribution in [3.8, 4) is 67.5 Å². The van der Waals surface area contributed by atoms with Gasteiger partial charge in [-0.05, 0) is 62.8 Å². The summed E-state index contributed by atoms with van der Waals surface area (Å²) in [5.74, 6) is 0.339. The molecule has 2 heterocycles. The van der Waals surface area contributed by atoms with Gasteiger partial charge in [0, 0.05) is 56.4 Å². The van der Waals surface area contributed by atoms with Crippen LogP contribution in [0, 0.1) is 6.07 Å². The molecule has 0 amide bonds. The Kier molecular flexibility index (Phi) is 7.33. The molecule has 0 unspecified atom stereocenters. The Morgan fingerprint density at radius 2 is 1.31 bits per heavy atom. The summed E-state index contributed by atoms with van der Waals surface area (Å²) in [5, 5.41) is 12.5. The number of hydrogen-bond acceptors (Lipinski definition) is 3. The number of phenolic OH excluding ortho intramolecular Hbond substituents is 1. The zero-order valence-electron chi connectivity index (χ0n) is 47.6. The first kappa shape index (κ1) is 27.2. The molecular weight excluding hydrogens is 902 g/mol. The summed E-state index contributed by atoms with van der Waals surface area (Å²) in [7, 11) is 0. The molecule has 6 aromatic carbocycles. The topological polar surface area (TPSA) is 50.9 Å². The summed E-state index contributed by atoms with van der Waals surface area (Å²) >= 11 is 0. The molecule has 300 valence electrons. The van der Waals surface area contributed by atoms with Crippen molar-refractivity contribution < 1.29 is 45.4 Å². The second-order valence-electron chi connectivity index (χ2n) is 16.6. The second-order valence-corrected chi connectivity index (χ2v) is 16.6. The fourth-order valence-electron chi connectivity index (χ4n) is 7.28. The smallest absolute Gasteiger partial charge is 0.148 e. The summed E-state index contributed by atoms with van der Waals surface area (Å²) in [4.78, 5) is 9.87. The second kappa shape index (κ2) is 15.9. The van der Waals surface area contributed by atoms with Crippen LogP contribution >= 0.6 is 0 Å². The van der Waals surface area contributed by atoms with Crippen LogP contribution < -0.4 is 0 Å². The number of phenols is 1. The number of hydrogen-bond donors (Lipinski definition) is 1. The van der Waals surface area contributed by atoms with Gasteiger partial charge in [0.1, 0.15) is 11.6 Å². The molecule has 2 aromatic heterocycles. The number of rotatable bonds is 6. The van der Waals surface area contributed by atoms with Gasteiger partial charge in [0.05, 0.1) is 29.1 Å². The first-order chi connectivity index (χ1) is 33.4. The predicted octanol–water partition coefficient (Wildman–Crippen LogP) is 14.2. The minimum atomic E-state index is -3.66. The van der Waals surface area contributed by atoms with Gasteiger partial charge in [0.25, 0.3) is 0 Å². The fourth-order valence-corrected chi connectivity index (χ4v) is 7.28. The molecule has 0 aliphatic rings. The molecule has 8 rings (SSSR count). The van der Waals surface area contributed by atoms with E-state index in [4.69, 9.17) is 24.2 Å². The van der Waals surface area contributed by atoms with Crippen LogP contribution in [0.2, 0.25) is 0 Å². The van der Waals surface area contributed by atoms with E-state index < -0.39 is 67.2 Å². The molecule has 0 aliphatic carbocycles. The summed E-state index contributed by atoms with van der Waals surface area (Å²) in [6.45, 7) is 1.28. The van der Waals surface area contributed by atoms with Crippen molar-refractivity contribution in [2.75, 3.05) is 0 Å². The van der Waals surface area contributed by atoms with Crippen LogP contribution in [-0.2, 0) is 37.3 Å². The van der Waals surface area contributed by atoms with Gasteiger partial charge >= 0.3 is 0 Å². The molecular formula is C54H52N3OPt-. The van der Waals surface area contributed by atoms with Gasteiger partial charge in [-0.15, -0.1) is 29.3 Å². The number of aromatic hydroxyl groups is 1. The maximum absolute atomic E-state index is 12.5. The van der Waals surface area contributed by atoms with Crippen LogP contribution in [0.25, 0.3) is 72.7 Å². The number of para-hydroxylation sites is 2. The molecule has 0 radical (unpaired) electrons. The monoisotopic (exact) mass is 967 g/mol. The predicted molar refractivity (Wildman–Crippen MR) is 243 cm³/mol. The van der Waals surface area contributed by atoms with Crippen LogP contribution in [-0.4, -0.2) is 19.6 Å². The van der Waals surface area contributed by atoms with Gasteiger partial charge in [-0.1, -0.05) is 176 Å². The summed E-state index contributed by atoms with van der Waals surface area (Å²) in [6.07, 6.45) is 1.30. The maximum atomic E-state index is 12.5. The molecule has 59 heavy (non-hydrogen) atoms. The molecule has 0 fully saturated rings. The Balaban J connectivity index is 0.00000780. The molecule has 0 saturated carbocycles. The Labute approximate surface area is 384 Å². The van der Waals surface area contributed by atoms with Gasteiger partial charge < -0.3 is 5.11 Å². The van der Waals surface area contributed by atoms with E-state index in [2.05, 4.69) is 31.8 Å². The molecule has 0 saturated heterocycles. The number of aromatic nitrogens is 3. The first-order valence-electron chi connectivity index (χ1n) is 26.1. The summed E-state index contributed by atoms with van der Waals surface area (Å²) in [6, 6.07) is 32.3. The normalized spacial score (nSPS) is 16.2. The molecule has 0 atom stereocenters. The van der Waals surface area contributed by atoms with Crippen LogP contribution in [0.1, 0.15) is 98.0 Å². The molecule has 1 N–H and O–H groups in total. The van der Waals surface area contributed by atoms with Crippen molar-refractivity contribution >= 4 is 11.0 Å². The van der Waals surface area contributed by atoms with Crippen LogP contribution in [0.15, 0.2) is 146 Å². The third-order valence-electron chi connectivity index (χ3n) is 10.4. The largest absolute Gasteiger partial charge is 0.507 e. The number of fused-ring (bicyclic) bond motifs is 1. The zero-order valence-corrected chi connectivity index (χ0v) is 35.8. The molecule has 0 aliphatic heterocycles. The Hall–Kier alpha value is -5.57. The average Bonchev–Trinajstić information content (AvgIpc) is 3.68. The van der Waals surface area contributed by atoms with Gasteiger partial charge in [-0.2, -0.15) is 0 Å². The standard InChI is InChI=1S/C54H52N3O.Pt/c1-52(2,3)40-30-38(29-39(31-40)46-32-37(27-28-55-46)35-19-12-10-13-20-35)43-24-18-26-48-49(43)56-51(44-33-41(53(4,5)6)34-45(50(44)58)54(7,8)9)57(48)47-25-17-16-23-42(47)36-21-14-11-15-22-36;/h10-28,30-34,58H,1-9H3;/q-1;/i1D3,2D3,3D3,10D,12D,13D,19D,20D;. The number of imidazole rings is 1. The van der Waals surface area contributed by atoms with Gasteiger partial charge in [0.15, 0.2) is 0 Å². The molecule has 0 spiro atoms. The van der Waals surface area contributed by atoms with E-state index in [-0.39, 0.29) is 65.7 Å². The third-order valence-corrected chi connectivity index (χ3v) is 10.4. The van der Waals surface area contributed by atoms with Crippen molar-refractivity contribution in [1.29, 1.82) is 0 Å². The Morgan fingerprint density at radius 1 is 0.627 bits per heavy atom. The van der Waals surface area contributed by atoms with Gasteiger partial charge in [0.2, 0.25) is 0 Å².